The van der Waals surface area contributed by atoms with Crippen LogP contribution in [0.15, 0.2) is 18.5 Å². The van der Waals surface area contributed by atoms with E-state index in [4.69, 9.17) is 9.97 Å². The predicted octanol–water partition coefficient (Wildman–Crippen LogP) is 2.11. The van der Waals surface area contributed by atoms with E-state index in [2.05, 4.69) is 25.9 Å². The van der Waals surface area contributed by atoms with Gasteiger partial charge in [0.15, 0.2) is 0 Å². The van der Waals surface area contributed by atoms with E-state index in [-0.39, 0.29) is 24.7 Å². The Bertz CT molecular complexity index is 1160. The van der Waals surface area contributed by atoms with Crippen molar-refractivity contribution in [1.29, 1.82) is 0 Å². The largest absolute Gasteiger partial charge is 0.390 e. The molecule has 0 saturated heterocycles. The van der Waals surface area contributed by atoms with Gasteiger partial charge < -0.3 is 26.2 Å². The Hall–Kier alpha value is -2.60. The van der Waals surface area contributed by atoms with Crippen LogP contribution in [-0.4, -0.2) is 66.9 Å². The van der Waals surface area contributed by atoms with Crippen LogP contribution in [0.3, 0.4) is 0 Å². The summed E-state index contributed by atoms with van der Waals surface area (Å²) in [4.78, 5) is 30.6. The minimum absolute atomic E-state index is 0. The van der Waals surface area contributed by atoms with Gasteiger partial charge in [0.25, 0.3) is 0 Å². The van der Waals surface area contributed by atoms with Crippen molar-refractivity contribution in [2.24, 2.45) is 5.92 Å². The lowest BCUT2D eigenvalue weighted by atomic mass is 10.0. The maximum atomic E-state index is 12.4. The molecular formula is C22H28ClN7O3S. The van der Waals surface area contributed by atoms with E-state index in [1.165, 1.54) is 11.3 Å². The van der Waals surface area contributed by atoms with Gasteiger partial charge in [-0.1, -0.05) is 0 Å². The molecule has 2 saturated carbocycles. The number of carbonyl (C=O) groups is 1. The number of nitrogens with one attached hydrogen (secondary N) is 3. The minimum atomic E-state index is -1.15. The molecule has 0 bridgehead atoms. The molecule has 0 spiro atoms. The molecule has 0 radical (unpaired) electrons. The third kappa shape index (κ3) is 4.78. The second-order valence-corrected chi connectivity index (χ2v) is 9.64. The molecule has 4 atom stereocenters. The number of nitrogens with zero attached hydrogens (tertiary/aromatic N) is 4. The van der Waals surface area contributed by atoms with Gasteiger partial charge in [-0.15, -0.1) is 23.7 Å². The highest BCUT2D eigenvalue weighted by Gasteiger charge is 2.45. The second kappa shape index (κ2) is 9.95. The molecule has 1 amide bonds. The maximum absolute atomic E-state index is 12.4. The fourth-order valence-corrected chi connectivity index (χ4v) is 5.24. The van der Waals surface area contributed by atoms with Crippen LogP contribution in [0.1, 0.15) is 31.9 Å². The third-order valence-electron chi connectivity index (χ3n) is 6.10. The first-order valence-electron chi connectivity index (χ1n) is 11.2. The van der Waals surface area contributed by atoms with Gasteiger partial charge >= 0.3 is 0 Å². The summed E-state index contributed by atoms with van der Waals surface area (Å²) < 4.78 is 0.998. The number of halogens is 1. The number of fused-ring (bicyclic) bond motifs is 1. The number of aryl methyl sites for hydroxylation is 1. The van der Waals surface area contributed by atoms with Crippen LogP contribution >= 0.6 is 23.7 Å². The SMILES string of the molecule is CCNC(=O)[C@H]1C[C@@H](Nc2nc(NC3CC3)nc(C)c2-c2nc3cnccc3s2)[C@H](O)[C@@H]1O.Cl. The number of aromatic nitrogens is 4. The first-order chi connectivity index (χ1) is 15.9. The number of carbonyl (C=O) groups excluding carboxylic acids is 1. The fourth-order valence-electron chi connectivity index (χ4n) is 4.21. The summed E-state index contributed by atoms with van der Waals surface area (Å²) in [5, 5.41) is 31.3. The maximum Gasteiger partial charge on any atom is 0.225 e. The second-order valence-electron chi connectivity index (χ2n) is 8.61. The fraction of sp³-hybridized carbons (Fsp3) is 0.500. The zero-order chi connectivity index (χ0) is 23.1. The Kier molecular flexibility index (Phi) is 7.17. The summed E-state index contributed by atoms with van der Waals surface area (Å²) >= 11 is 1.51. The summed E-state index contributed by atoms with van der Waals surface area (Å²) in [6.45, 7) is 4.19. The number of rotatable bonds is 7. The normalized spacial score (nSPS) is 24.0. The first kappa shape index (κ1) is 24.5. The molecule has 3 aromatic heterocycles. The number of thiazole rings is 1. The van der Waals surface area contributed by atoms with Gasteiger partial charge in [-0.25, -0.2) is 9.97 Å². The molecule has 12 heteroatoms. The Morgan fingerprint density at radius 3 is 2.68 bits per heavy atom. The van der Waals surface area contributed by atoms with Crippen molar-refractivity contribution in [3.63, 3.8) is 0 Å². The lowest BCUT2D eigenvalue weighted by molar-refractivity contribution is -0.128. The molecule has 3 heterocycles. The van der Waals surface area contributed by atoms with E-state index < -0.39 is 24.2 Å². The number of hydrogen-bond donors (Lipinski definition) is 5. The standard InChI is InChI=1S/C22H27N7O3S.ClH/c1-3-24-20(32)12-8-13(18(31)17(12)30)27-19-16(10(2)25-22(29-19)26-11-4-5-11)21-28-14-9-23-7-6-15(14)33-21;/h6-7,9,11-13,17-18,30-31H,3-5,8H2,1-2H3,(H,24,32)(H2,25,26,27,29);1H/t12-,13+,17+,18-;/m0./s1. The Labute approximate surface area is 207 Å². The van der Waals surface area contributed by atoms with Gasteiger partial charge in [-0.3, -0.25) is 9.78 Å². The van der Waals surface area contributed by atoms with Crippen molar-refractivity contribution >= 4 is 51.6 Å². The van der Waals surface area contributed by atoms with Crippen LogP contribution in [0.5, 0.6) is 0 Å². The number of hydrogen-bond acceptors (Lipinski definition) is 10. The summed E-state index contributed by atoms with van der Waals surface area (Å²) in [5.41, 5.74) is 2.27. The molecule has 2 aliphatic carbocycles. The highest BCUT2D eigenvalue weighted by molar-refractivity contribution is 7.21. The van der Waals surface area contributed by atoms with Gasteiger partial charge in [0.2, 0.25) is 11.9 Å². The van der Waals surface area contributed by atoms with E-state index in [1.807, 2.05) is 19.9 Å². The molecule has 10 nitrogen and oxygen atoms in total. The van der Waals surface area contributed by atoms with Crippen molar-refractivity contribution in [3.8, 4) is 10.6 Å². The molecular weight excluding hydrogens is 478 g/mol. The van der Waals surface area contributed by atoms with Crippen molar-refractivity contribution in [2.45, 2.75) is 57.4 Å². The van der Waals surface area contributed by atoms with Crippen LogP contribution < -0.4 is 16.0 Å². The molecule has 2 fully saturated rings. The number of aliphatic hydroxyl groups is 2. The van der Waals surface area contributed by atoms with Crippen LogP contribution in [-0.2, 0) is 4.79 Å². The minimum Gasteiger partial charge on any atom is -0.390 e. The molecule has 3 aromatic rings. The van der Waals surface area contributed by atoms with Gasteiger partial charge in [0, 0.05) is 18.8 Å². The molecule has 34 heavy (non-hydrogen) atoms. The van der Waals surface area contributed by atoms with Gasteiger partial charge in [-0.05, 0) is 39.2 Å². The average Bonchev–Trinajstić information content (AvgIpc) is 3.42. The van der Waals surface area contributed by atoms with E-state index >= 15 is 0 Å². The van der Waals surface area contributed by atoms with Gasteiger partial charge in [0.1, 0.15) is 22.4 Å². The zero-order valence-electron chi connectivity index (χ0n) is 18.9. The highest BCUT2D eigenvalue weighted by Crippen LogP contribution is 2.38. The third-order valence-corrected chi connectivity index (χ3v) is 7.15. The molecule has 2 aliphatic rings. The Morgan fingerprint density at radius 1 is 1.18 bits per heavy atom. The van der Waals surface area contributed by atoms with Crippen LogP contribution in [0.2, 0.25) is 0 Å². The summed E-state index contributed by atoms with van der Waals surface area (Å²) in [5.74, 6) is 0.0754. The van der Waals surface area contributed by atoms with Crippen molar-refractivity contribution in [1.82, 2.24) is 25.3 Å². The monoisotopic (exact) mass is 505 g/mol. The molecule has 0 unspecified atom stereocenters. The number of aliphatic hydroxyl groups excluding tert-OH is 2. The Morgan fingerprint density at radius 2 is 1.97 bits per heavy atom. The van der Waals surface area contributed by atoms with Crippen LogP contribution in [0.4, 0.5) is 11.8 Å². The first-order valence-corrected chi connectivity index (χ1v) is 12.0. The Balaban J connectivity index is 0.00000274. The van der Waals surface area contributed by atoms with Gasteiger partial charge in [-0.2, -0.15) is 4.98 Å². The van der Waals surface area contributed by atoms with Crippen molar-refractivity contribution in [2.75, 3.05) is 17.2 Å². The number of anilines is 2. The van der Waals surface area contributed by atoms with Crippen LogP contribution in [0.25, 0.3) is 20.8 Å². The lowest BCUT2D eigenvalue weighted by Gasteiger charge is -2.21. The molecule has 0 aromatic carbocycles. The molecule has 5 N–H and O–H groups in total. The van der Waals surface area contributed by atoms with E-state index in [1.54, 1.807) is 12.4 Å². The van der Waals surface area contributed by atoms with Crippen molar-refractivity contribution < 1.29 is 15.0 Å². The molecule has 182 valence electrons. The summed E-state index contributed by atoms with van der Waals surface area (Å²) in [6, 6.07) is 1.74. The highest BCUT2D eigenvalue weighted by atomic mass is 35.5. The van der Waals surface area contributed by atoms with Crippen molar-refractivity contribution in [3.05, 3.63) is 24.2 Å². The lowest BCUT2D eigenvalue weighted by Crippen LogP contribution is -2.39. The topological polar surface area (TPSA) is 145 Å². The number of pyridine rings is 1. The van der Waals surface area contributed by atoms with Gasteiger partial charge in [0.05, 0.1) is 40.2 Å². The van der Waals surface area contributed by atoms with E-state index in [0.29, 0.717) is 24.4 Å². The van der Waals surface area contributed by atoms with Crippen LogP contribution in [0, 0.1) is 12.8 Å². The smallest absolute Gasteiger partial charge is 0.225 e. The zero-order valence-corrected chi connectivity index (χ0v) is 20.5. The van der Waals surface area contributed by atoms with E-state index in [0.717, 1.165) is 39.3 Å². The predicted molar refractivity (Wildman–Crippen MR) is 133 cm³/mol. The molecule has 5 rings (SSSR count). The summed E-state index contributed by atoms with van der Waals surface area (Å²) in [6.07, 6.45) is 3.63. The summed E-state index contributed by atoms with van der Waals surface area (Å²) in [7, 11) is 0. The quantitative estimate of drug-likeness (QED) is 0.326. The molecule has 0 aliphatic heterocycles. The van der Waals surface area contributed by atoms with E-state index in [9.17, 15) is 15.0 Å². The number of amides is 1. The average molecular weight is 506 g/mol.